The van der Waals surface area contributed by atoms with Crippen LogP contribution in [0, 0.1) is 0 Å². The van der Waals surface area contributed by atoms with Crippen LogP contribution in [0.15, 0.2) is 36.4 Å². The average Bonchev–Trinajstić information content (AvgIpc) is 2.44. The Bertz CT molecular complexity index is 635. The molecule has 4 heteroatoms. The summed E-state index contributed by atoms with van der Waals surface area (Å²) < 4.78 is 5.38. The van der Waals surface area contributed by atoms with Crippen LogP contribution in [0.25, 0.3) is 10.8 Å². The van der Waals surface area contributed by atoms with E-state index in [9.17, 15) is 9.90 Å². The van der Waals surface area contributed by atoms with Crippen LogP contribution in [0.5, 0.6) is 0 Å². The van der Waals surface area contributed by atoms with Gasteiger partial charge in [0.15, 0.2) is 0 Å². The number of hydrogen-bond donors (Lipinski definition) is 2. The predicted octanol–water partition coefficient (Wildman–Crippen LogP) is 3.37. The van der Waals surface area contributed by atoms with Gasteiger partial charge in [0, 0.05) is 24.7 Å². The molecule has 0 radical (unpaired) electrons. The molecule has 0 saturated heterocycles. The molecule has 0 saturated carbocycles. The smallest absolute Gasteiger partial charge is 0.336 e. The van der Waals surface area contributed by atoms with Crippen LogP contribution >= 0.6 is 0 Å². The van der Waals surface area contributed by atoms with Crippen molar-refractivity contribution in [1.82, 2.24) is 0 Å². The zero-order chi connectivity index (χ0) is 14.8. The maximum atomic E-state index is 11.2. The molecule has 0 aromatic heterocycles. The molecule has 106 valence electrons. The van der Waals surface area contributed by atoms with Gasteiger partial charge >= 0.3 is 5.97 Å². The maximum Gasteiger partial charge on any atom is 0.336 e. The van der Waals surface area contributed by atoms with E-state index in [0.29, 0.717) is 12.1 Å². The van der Waals surface area contributed by atoms with Gasteiger partial charge in [0.1, 0.15) is 0 Å². The first-order valence-electron chi connectivity index (χ1n) is 6.49. The third kappa shape index (κ3) is 2.91. The first-order valence-corrected chi connectivity index (χ1v) is 6.49. The third-order valence-corrected chi connectivity index (χ3v) is 3.41. The molecule has 0 aliphatic carbocycles. The lowest BCUT2D eigenvalue weighted by Gasteiger charge is -2.24. The summed E-state index contributed by atoms with van der Waals surface area (Å²) in [6.07, 6.45) is 0. The van der Waals surface area contributed by atoms with Crippen molar-refractivity contribution in [1.29, 1.82) is 0 Å². The zero-order valence-electron chi connectivity index (χ0n) is 11.9. The molecule has 0 spiro atoms. The normalized spacial score (nSPS) is 11.6. The number of carboxylic acid groups (broad SMARTS) is 1. The van der Waals surface area contributed by atoms with Gasteiger partial charge in [0.25, 0.3) is 0 Å². The van der Waals surface area contributed by atoms with Gasteiger partial charge in [-0.3, -0.25) is 0 Å². The van der Waals surface area contributed by atoms with Crippen molar-refractivity contribution in [3.63, 3.8) is 0 Å². The third-order valence-electron chi connectivity index (χ3n) is 3.41. The standard InChI is InChI=1S/C16H19NO3/c1-16(2,20-3)10-17-14-9-8-13(15(18)19)11-6-4-5-7-12(11)14/h4-9,17H,10H2,1-3H3,(H,18,19). The van der Waals surface area contributed by atoms with Crippen LogP contribution in [0.2, 0.25) is 0 Å². The summed E-state index contributed by atoms with van der Waals surface area (Å²) in [6, 6.07) is 10.9. The Morgan fingerprint density at radius 1 is 1.20 bits per heavy atom. The van der Waals surface area contributed by atoms with E-state index in [1.165, 1.54) is 0 Å². The van der Waals surface area contributed by atoms with Crippen molar-refractivity contribution >= 4 is 22.4 Å². The van der Waals surface area contributed by atoms with E-state index in [2.05, 4.69) is 5.32 Å². The minimum atomic E-state index is -0.912. The quantitative estimate of drug-likeness (QED) is 0.877. The lowest BCUT2D eigenvalue weighted by molar-refractivity contribution is 0.0344. The molecule has 2 aromatic carbocycles. The number of rotatable bonds is 5. The van der Waals surface area contributed by atoms with Gasteiger partial charge in [-0.15, -0.1) is 0 Å². The first-order chi connectivity index (χ1) is 9.44. The highest BCUT2D eigenvalue weighted by Crippen LogP contribution is 2.27. The van der Waals surface area contributed by atoms with Crippen molar-refractivity contribution in [2.75, 3.05) is 19.0 Å². The van der Waals surface area contributed by atoms with E-state index < -0.39 is 5.97 Å². The first kappa shape index (κ1) is 14.3. The van der Waals surface area contributed by atoms with Crippen LogP contribution in [-0.4, -0.2) is 30.3 Å². The Balaban J connectivity index is 2.41. The number of hydrogen-bond acceptors (Lipinski definition) is 3. The second-order valence-electron chi connectivity index (χ2n) is 5.33. The SMILES string of the molecule is COC(C)(C)CNc1ccc(C(=O)O)c2ccccc12. The molecule has 0 aliphatic heterocycles. The fourth-order valence-corrected chi connectivity index (χ4v) is 2.02. The van der Waals surface area contributed by atoms with Gasteiger partial charge in [-0.1, -0.05) is 24.3 Å². The minimum Gasteiger partial charge on any atom is -0.478 e. The maximum absolute atomic E-state index is 11.2. The van der Waals surface area contributed by atoms with Crippen molar-refractivity contribution in [2.24, 2.45) is 0 Å². The van der Waals surface area contributed by atoms with Crippen LogP contribution in [0.4, 0.5) is 5.69 Å². The molecule has 2 aromatic rings. The topological polar surface area (TPSA) is 58.6 Å². The van der Waals surface area contributed by atoms with Crippen molar-refractivity contribution < 1.29 is 14.6 Å². The van der Waals surface area contributed by atoms with Gasteiger partial charge in [-0.2, -0.15) is 0 Å². The molecule has 0 bridgehead atoms. The number of fused-ring (bicyclic) bond motifs is 1. The highest BCUT2D eigenvalue weighted by molar-refractivity contribution is 6.07. The Hall–Kier alpha value is -2.07. The van der Waals surface area contributed by atoms with E-state index in [-0.39, 0.29) is 5.60 Å². The van der Waals surface area contributed by atoms with E-state index in [1.807, 2.05) is 38.1 Å². The summed E-state index contributed by atoms with van der Waals surface area (Å²) in [7, 11) is 1.67. The Labute approximate surface area is 118 Å². The van der Waals surface area contributed by atoms with Gasteiger partial charge in [-0.05, 0) is 31.4 Å². The Kier molecular flexibility index (Phi) is 3.95. The molecular formula is C16H19NO3. The minimum absolute atomic E-state index is 0.285. The van der Waals surface area contributed by atoms with Gasteiger partial charge in [0.05, 0.1) is 11.2 Å². The lowest BCUT2D eigenvalue weighted by Crippen LogP contribution is -2.32. The monoisotopic (exact) mass is 273 g/mol. The molecule has 0 heterocycles. The van der Waals surface area contributed by atoms with E-state index in [4.69, 9.17) is 4.74 Å². The molecule has 2 rings (SSSR count). The van der Waals surface area contributed by atoms with Crippen LogP contribution in [0.3, 0.4) is 0 Å². The zero-order valence-corrected chi connectivity index (χ0v) is 11.9. The molecule has 20 heavy (non-hydrogen) atoms. The number of carboxylic acids is 1. The van der Waals surface area contributed by atoms with E-state index in [0.717, 1.165) is 16.5 Å². The summed E-state index contributed by atoms with van der Waals surface area (Å²) in [5.41, 5.74) is 0.944. The van der Waals surface area contributed by atoms with Crippen LogP contribution < -0.4 is 5.32 Å². The molecule has 0 atom stereocenters. The fraction of sp³-hybridized carbons (Fsp3) is 0.312. The number of carbonyl (C=O) groups is 1. The summed E-state index contributed by atoms with van der Waals surface area (Å²) in [6.45, 7) is 4.63. The average molecular weight is 273 g/mol. The number of aromatic carboxylic acids is 1. The second-order valence-corrected chi connectivity index (χ2v) is 5.33. The number of methoxy groups -OCH3 is 1. The number of anilines is 1. The molecular weight excluding hydrogens is 254 g/mol. The molecule has 0 aliphatic rings. The molecule has 2 N–H and O–H groups in total. The summed E-state index contributed by atoms with van der Waals surface area (Å²) in [4.78, 5) is 11.2. The predicted molar refractivity (Wildman–Crippen MR) is 80.5 cm³/mol. The molecule has 0 unspecified atom stereocenters. The second kappa shape index (κ2) is 5.51. The summed E-state index contributed by atoms with van der Waals surface area (Å²) >= 11 is 0. The molecule has 4 nitrogen and oxygen atoms in total. The van der Waals surface area contributed by atoms with Gasteiger partial charge in [-0.25, -0.2) is 4.79 Å². The molecule has 0 fully saturated rings. The van der Waals surface area contributed by atoms with Gasteiger partial charge in [0.2, 0.25) is 0 Å². The number of ether oxygens (including phenoxy) is 1. The van der Waals surface area contributed by atoms with Crippen LogP contribution in [-0.2, 0) is 4.74 Å². The lowest BCUT2D eigenvalue weighted by atomic mass is 10.0. The largest absolute Gasteiger partial charge is 0.478 e. The highest BCUT2D eigenvalue weighted by Gasteiger charge is 2.17. The van der Waals surface area contributed by atoms with E-state index >= 15 is 0 Å². The summed E-state index contributed by atoms with van der Waals surface area (Å²) in [5, 5.41) is 14.2. The van der Waals surface area contributed by atoms with Crippen LogP contribution in [0.1, 0.15) is 24.2 Å². The number of nitrogens with one attached hydrogen (secondary N) is 1. The van der Waals surface area contributed by atoms with E-state index in [1.54, 1.807) is 19.2 Å². The Morgan fingerprint density at radius 3 is 2.45 bits per heavy atom. The fourth-order valence-electron chi connectivity index (χ4n) is 2.02. The molecule has 0 amide bonds. The highest BCUT2D eigenvalue weighted by atomic mass is 16.5. The summed E-state index contributed by atoms with van der Waals surface area (Å²) in [5.74, 6) is -0.912. The van der Waals surface area contributed by atoms with Gasteiger partial charge < -0.3 is 15.2 Å². The van der Waals surface area contributed by atoms with Crippen molar-refractivity contribution in [2.45, 2.75) is 19.4 Å². The van der Waals surface area contributed by atoms with Crippen molar-refractivity contribution in [3.05, 3.63) is 42.0 Å². The Morgan fingerprint density at radius 2 is 1.85 bits per heavy atom. The number of benzene rings is 2. The van der Waals surface area contributed by atoms with Crippen molar-refractivity contribution in [3.8, 4) is 0 Å².